The number of sulfone groups is 1. The molecule has 5 heteroatoms. The fourth-order valence-electron chi connectivity index (χ4n) is 1.55. The summed E-state index contributed by atoms with van der Waals surface area (Å²) >= 11 is 3.36. The summed E-state index contributed by atoms with van der Waals surface area (Å²) in [7, 11) is -3.08. The van der Waals surface area contributed by atoms with Crippen LogP contribution in [0, 0.1) is 6.92 Å². The van der Waals surface area contributed by atoms with Crippen molar-refractivity contribution in [1.82, 2.24) is 0 Å². The number of hydrogen-bond acceptors (Lipinski definition) is 3. The van der Waals surface area contributed by atoms with Crippen LogP contribution >= 0.6 is 15.9 Å². The van der Waals surface area contributed by atoms with E-state index >= 15 is 0 Å². The number of benzene rings is 1. The number of anilines is 1. The summed E-state index contributed by atoms with van der Waals surface area (Å²) in [6.45, 7) is 2.37. The Morgan fingerprint density at radius 2 is 2.14 bits per heavy atom. The van der Waals surface area contributed by atoms with Gasteiger partial charge in [-0.1, -0.05) is 0 Å². The van der Waals surface area contributed by atoms with E-state index in [-0.39, 0.29) is 5.75 Å². The van der Waals surface area contributed by atoms with Crippen LogP contribution in [0.3, 0.4) is 0 Å². The fraction of sp³-hybridized carbons (Fsp3) is 0.333. The summed E-state index contributed by atoms with van der Waals surface area (Å²) < 4.78 is 24.2. The topological polar surface area (TPSA) is 46.2 Å². The number of fused-ring (bicyclic) bond motifs is 1. The third-order valence-electron chi connectivity index (χ3n) is 2.21. The summed E-state index contributed by atoms with van der Waals surface area (Å²) in [5.41, 5.74) is 1.64. The molecule has 0 aromatic heterocycles. The molecule has 1 heterocycles. The van der Waals surface area contributed by atoms with Crippen LogP contribution < -0.4 is 5.32 Å². The van der Waals surface area contributed by atoms with Gasteiger partial charge in [-0.2, -0.15) is 0 Å². The molecule has 14 heavy (non-hydrogen) atoms. The smallest absolute Gasteiger partial charge is 0.182 e. The lowest BCUT2D eigenvalue weighted by Gasteiger charge is -2.20. The molecule has 1 aliphatic rings. The van der Waals surface area contributed by atoms with Crippen LogP contribution in [0.2, 0.25) is 0 Å². The van der Waals surface area contributed by atoms with E-state index in [1.165, 1.54) is 0 Å². The number of aryl methyl sites for hydroxylation is 1. The van der Waals surface area contributed by atoms with Crippen molar-refractivity contribution in [2.45, 2.75) is 11.8 Å². The van der Waals surface area contributed by atoms with Crippen LogP contribution in [-0.2, 0) is 9.84 Å². The van der Waals surface area contributed by atoms with Crippen molar-refractivity contribution >= 4 is 31.5 Å². The summed E-state index contributed by atoms with van der Waals surface area (Å²) in [4.78, 5) is 0.413. The Bertz CT molecular complexity index is 482. The first kappa shape index (κ1) is 9.98. The maximum Gasteiger partial charge on any atom is 0.182 e. The first-order valence-electron chi connectivity index (χ1n) is 4.27. The zero-order valence-electron chi connectivity index (χ0n) is 7.67. The highest BCUT2D eigenvalue weighted by molar-refractivity contribution is 9.10. The predicted octanol–water partition coefficient (Wildman–Crippen LogP) is 1.96. The van der Waals surface area contributed by atoms with E-state index in [0.717, 1.165) is 10.0 Å². The van der Waals surface area contributed by atoms with E-state index in [2.05, 4.69) is 21.2 Å². The molecule has 0 spiro atoms. The lowest BCUT2D eigenvalue weighted by atomic mass is 10.2. The maximum atomic E-state index is 11.7. The van der Waals surface area contributed by atoms with Gasteiger partial charge in [0, 0.05) is 11.0 Å². The Kier molecular flexibility index (Phi) is 2.31. The minimum atomic E-state index is -3.08. The number of hydrogen-bond donors (Lipinski definition) is 1. The number of rotatable bonds is 0. The fourth-order valence-corrected chi connectivity index (χ4v) is 3.84. The first-order valence-corrected chi connectivity index (χ1v) is 6.72. The Morgan fingerprint density at radius 1 is 1.43 bits per heavy atom. The summed E-state index contributed by atoms with van der Waals surface area (Å²) in [6.07, 6.45) is 0. The molecule has 76 valence electrons. The van der Waals surface area contributed by atoms with Gasteiger partial charge < -0.3 is 5.32 Å². The van der Waals surface area contributed by atoms with Gasteiger partial charge in [0.25, 0.3) is 0 Å². The zero-order chi connectivity index (χ0) is 10.3. The zero-order valence-corrected chi connectivity index (χ0v) is 10.1. The average molecular weight is 276 g/mol. The van der Waals surface area contributed by atoms with Gasteiger partial charge in [-0.05, 0) is 40.5 Å². The molecule has 0 saturated carbocycles. The third-order valence-corrected chi connectivity index (χ3v) is 4.57. The van der Waals surface area contributed by atoms with E-state index in [1.807, 2.05) is 13.0 Å². The predicted molar refractivity (Wildman–Crippen MR) is 59.4 cm³/mol. The average Bonchev–Trinajstić information content (AvgIpc) is 2.06. The van der Waals surface area contributed by atoms with E-state index < -0.39 is 9.84 Å². The molecule has 0 amide bonds. The van der Waals surface area contributed by atoms with Crippen LogP contribution in [0.5, 0.6) is 0 Å². The van der Waals surface area contributed by atoms with E-state index in [0.29, 0.717) is 17.1 Å². The molecule has 1 N–H and O–H groups in total. The molecule has 1 aromatic rings. The lowest BCUT2D eigenvalue weighted by molar-refractivity contribution is 0.594. The molecule has 0 unspecified atom stereocenters. The molecule has 0 bridgehead atoms. The van der Waals surface area contributed by atoms with E-state index in [1.54, 1.807) is 6.07 Å². The molecule has 2 rings (SSSR count). The van der Waals surface area contributed by atoms with Crippen molar-refractivity contribution in [3.8, 4) is 0 Å². The standard InChI is InChI=1S/C9H10BrNO2S/c1-6-4-7(10)9-8(5-6)14(12,13)3-2-11-9/h4-5,11H,2-3H2,1H3. The van der Waals surface area contributed by atoms with Gasteiger partial charge in [-0.3, -0.25) is 0 Å². The maximum absolute atomic E-state index is 11.7. The van der Waals surface area contributed by atoms with Gasteiger partial charge in [-0.25, -0.2) is 8.42 Å². The van der Waals surface area contributed by atoms with Crippen LogP contribution in [-0.4, -0.2) is 20.7 Å². The molecular weight excluding hydrogens is 266 g/mol. The van der Waals surface area contributed by atoms with Gasteiger partial charge in [0.15, 0.2) is 9.84 Å². The second kappa shape index (κ2) is 3.24. The minimum absolute atomic E-state index is 0.176. The SMILES string of the molecule is Cc1cc(Br)c2c(c1)S(=O)(=O)CCN2. The highest BCUT2D eigenvalue weighted by Crippen LogP contribution is 2.34. The van der Waals surface area contributed by atoms with Crippen LogP contribution in [0.1, 0.15) is 5.56 Å². The van der Waals surface area contributed by atoms with Gasteiger partial charge in [0.1, 0.15) is 0 Å². The van der Waals surface area contributed by atoms with Crippen LogP contribution in [0.25, 0.3) is 0 Å². The second-order valence-electron chi connectivity index (χ2n) is 3.37. The van der Waals surface area contributed by atoms with Crippen molar-refractivity contribution in [2.75, 3.05) is 17.6 Å². The van der Waals surface area contributed by atoms with Crippen molar-refractivity contribution in [3.05, 3.63) is 22.2 Å². The minimum Gasteiger partial charge on any atom is -0.382 e. The number of halogens is 1. The van der Waals surface area contributed by atoms with Crippen molar-refractivity contribution < 1.29 is 8.42 Å². The van der Waals surface area contributed by atoms with Crippen molar-refractivity contribution in [3.63, 3.8) is 0 Å². The van der Waals surface area contributed by atoms with Crippen LogP contribution in [0.15, 0.2) is 21.5 Å². The molecule has 0 aliphatic carbocycles. The van der Waals surface area contributed by atoms with E-state index in [4.69, 9.17) is 0 Å². The Morgan fingerprint density at radius 3 is 2.86 bits per heavy atom. The van der Waals surface area contributed by atoms with Gasteiger partial charge in [-0.15, -0.1) is 0 Å². The largest absolute Gasteiger partial charge is 0.382 e. The van der Waals surface area contributed by atoms with Crippen LogP contribution in [0.4, 0.5) is 5.69 Å². The third kappa shape index (κ3) is 1.54. The number of nitrogens with one attached hydrogen (secondary N) is 1. The second-order valence-corrected chi connectivity index (χ2v) is 6.30. The molecule has 1 aromatic carbocycles. The van der Waals surface area contributed by atoms with Gasteiger partial charge in [0.05, 0.1) is 16.3 Å². The van der Waals surface area contributed by atoms with Gasteiger partial charge in [0.2, 0.25) is 0 Å². The Labute approximate surface area is 91.6 Å². The molecular formula is C9H10BrNO2S. The summed E-state index contributed by atoms with van der Waals surface area (Å²) in [5, 5.41) is 3.09. The molecule has 0 fully saturated rings. The summed E-state index contributed by atoms with van der Waals surface area (Å²) in [5.74, 6) is 0.176. The molecule has 1 aliphatic heterocycles. The summed E-state index contributed by atoms with van der Waals surface area (Å²) in [6, 6.07) is 3.62. The monoisotopic (exact) mass is 275 g/mol. The highest BCUT2D eigenvalue weighted by Gasteiger charge is 2.24. The van der Waals surface area contributed by atoms with Crippen molar-refractivity contribution in [2.24, 2.45) is 0 Å². The quantitative estimate of drug-likeness (QED) is 0.788. The molecule has 0 radical (unpaired) electrons. The highest BCUT2D eigenvalue weighted by atomic mass is 79.9. The molecule has 0 atom stereocenters. The Hall–Kier alpha value is -0.550. The molecule has 0 saturated heterocycles. The van der Waals surface area contributed by atoms with Crippen molar-refractivity contribution in [1.29, 1.82) is 0 Å². The molecule has 3 nitrogen and oxygen atoms in total. The van der Waals surface area contributed by atoms with E-state index in [9.17, 15) is 8.42 Å². The lowest BCUT2D eigenvalue weighted by Crippen LogP contribution is -2.23. The normalized spacial score (nSPS) is 18.4. The first-order chi connectivity index (χ1) is 6.50. The Balaban J connectivity index is 2.76. The van der Waals surface area contributed by atoms with Gasteiger partial charge >= 0.3 is 0 Å².